The second kappa shape index (κ2) is 10.3. The van der Waals surface area contributed by atoms with Gasteiger partial charge in [0.15, 0.2) is 17.4 Å². The molecule has 10 heteroatoms. The monoisotopic (exact) mass is 527 g/mol. The van der Waals surface area contributed by atoms with E-state index in [-0.39, 0.29) is 72.2 Å². The number of imide groups is 1. The molecule has 38 heavy (non-hydrogen) atoms. The first-order chi connectivity index (χ1) is 18.1. The van der Waals surface area contributed by atoms with E-state index in [0.717, 1.165) is 23.8 Å². The Hall–Kier alpha value is -3.53. The van der Waals surface area contributed by atoms with Crippen molar-refractivity contribution in [3.05, 3.63) is 70.5 Å². The van der Waals surface area contributed by atoms with E-state index in [1.165, 1.54) is 0 Å². The smallest absolute Gasteiger partial charge is 0.261 e. The fourth-order valence-corrected chi connectivity index (χ4v) is 6.13. The summed E-state index contributed by atoms with van der Waals surface area (Å²) in [6.07, 6.45) is 2.76. The zero-order valence-corrected chi connectivity index (χ0v) is 20.7. The lowest BCUT2D eigenvalue weighted by molar-refractivity contribution is -0.138. The van der Waals surface area contributed by atoms with Gasteiger partial charge in [0.2, 0.25) is 5.91 Å². The van der Waals surface area contributed by atoms with Gasteiger partial charge >= 0.3 is 0 Å². The summed E-state index contributed by atoms with van der Waals surface area (Å²) in [5.74, 6) is -4.76. The van der Waals surface area contributed by atoms with Crippen molar-refractivity contribution in [2.45, 2.75) is 63.1 Å². The normalized spacial score (nSPS) is 23.1. The number of carbonyl (C=O) groups is 4. The van der Waals surface area contributed by atoms with E-state index >= 15 is 0 Å². The van der Waals surface area contributed by atoms with Gasteiger partial charge in [-0.05, 0) is 61.8 Å². The van der Waals surface area contributed by atoms with E-state index in [9.17, 15) is 32.3 Å². The average molecular weight is 528 g/mol. The topological polar surface area (TPSA) is 101 Å². The lowest BCUT2D eigenvalue weighted by atomic mass is 9.82. The van der Waals surface area contributed by atoms with Gasteiger partial charge in [0.05, 0.1) is 17.7 Å². The van der Waals surface area contributed by atoms with Gasteiger partial charge in [0.25, 0.3) is 11.8 Å². The third-order valence-corrected chi connectivity index (χ3v) is 8.04. The minimum atomic E-state index is -1.24. The van der Waals surface area contributed by atoms with Gasteiger partial charge in [0, 0.05) is 37.0 Å². The average Bonchev–Trinajstić information content (AvgIpc) is 3.29. The molecule has 2 N–H and O–H groups in total. The number of hydrogen-bond acceptors (Lipinski definition) is 5. The third kappa shape index (κ3) is 4.84. The first-order valence-corrected chi connectivity index (χ1v) is 12.8. The molecule has 0 aliphatic carbocycles. The summed E-state index contributed by atoms with van der Waals surface area (Å²) in [4.78, 5) is 53.3. The number of amides is 3. The standard InChI is InChI=1S/C28H28F3N3O4/c29-22-13-24(31)23(30)11-15(22)12-25(32)16-9-17-5-6-18(10-16)34(17)26(36)8-7-19(35)14-33-27(37)20-3-1-2-4-21(20)28(33)38/h1-4,11,13,16-18,25H,5-10,12,14,32H2/t16?,17-,18+,25-/m1/s1. The Labute approximate surface area is 217 Å². The summed E-state index contributed by atoms with van der Waals surface area (Å²) in [5.41, 5.74) is 6.92. The number of carbonyl (C=O) groups excluding carboxylic acids is 4. The number of fused-ring (bicyclic) bond motifs is 3. The summed E-state index contributed by atoms with van der Waals surface area (Å²) in [7, 11) is 0. The number of nitrogens with two attached hydrogens (primary N) is 1. The minimum Gasteiger partial charge on any atom is -0.337 e. The predicted octanol–water partition coefficient (Wildman–Crippen LogP) is 3.39. The van der Waals surface area contributed by atoms with Gasteiger partial charge in [-0.15, -0.1) is 0 Å². The highest BCUT2D eigenvalue weighted by atomic mass is 19.2. The first-order valence-electron chi connectivity index (χ1n) is 12.8. The van der Waals surface area contributed by atoms with Crippen molar-refractivity contribution in [2.24, 2.45) is 11.7 Å². The Bertz CT molecular complexity index is 1270. The molecule has 2 fully saturated rings. The summed E-state index contributed by atoms with van der Waals surface area (Å²) in [5, 5.41) is 0. The summed E-state index contributed by atoms with van der Waals surface area (Å²) in [6.45, 7) is -0.371. The maximum absolute atomic E-state index is 14.1. The van der Waals surface area contributed by atoms with Crippen LogP contribution in [0.25, 0.3) is 0 Å². The fraction of sp³-hybridized carbons (Fsp3) is 0.429. The van der Waals surface area contributed by atoms with Crippen molar-refractivity contribution < 1.29 is 32.3 Å². The van der Waals surface area contributed by atoms with Crippen molar-refractivity contribution in [3.8, 4) is 0 Å². The maximum atomic E-state index is 14.1. The molecule has 5 rings (SSSR count). The Morgan fingerprint density at radius 3 is 2.08 bits per heavy atom. The van der Waals surface area contributed by atoms with Crippen LogP contribution < -0.4 is 5.73 Å². The Balaban J connectivity index is 1.14. The van der Waals surface area contributed by atoms with Crippen LogP contribution in [0, 0.1) is 23.4 Å². The number of benzene rings is 2. The van der Waals surface area contributed by atoms with Gasteiger partial charge in [-0.2, -0.15) is 0 Å². The number of rotatable bonds is 8. The van der Waals surface area contributed by atoms with Crippen molar-refractivity contribution >= 4 is 23.5 Å². The molecule has 200 valence electrons. The van der Waals surface area contributed by atoms with Crippen LogP contribution in [0.4, 0.5) is 13.2 Å². The predicted molar refractivity (Wildman–Crippen MR) is 130 cm³/mol. The SMILES string of the molecule is N[C@H](Cc1cc(F)c(F)cc1F)C1C[C@H]2CC[C@@H](C1)N2C(=O)CCC(=O)CN1C(=O)c2ccccc2C1=O. The van der Waals surface area contributed by atoms with E-state index in [1.54, 1.807) is 24.3 Å². The molecule has 2 aromatic rings. The second-order valence-corrected chi connectivity index (χ2v) is 10.4. The van der Waals surface area contributed by atoms with Crippen molar-refractivity contribution in [1.82, 2.24) is 9.80 Å². The van der Waals surface area contributed by atoms with Gasteiger partial charge in [-0.1, -0.05) is 12.1 Å². The molecule has 7 nitrogen and oxygen atoms in total. The molecule has 3 aliphatic heterocycles. The molecule has 2 bridgehead atoms. The van der Waals surface area contributed by atoms with E-state index in [2.05, 4.69) is 0 Å². The highest BCUT2D eigenvalue weighted by Crippen LogP contribution is 2.40. The molecule has 2 saturated heterocycles. The molecule has 0 aromatic heterocycles. The largest absolute Gasteiger partial charge is 0.337 e. The molecule has 4 atom stereocenters. The van der Waals surface area contributed by atoms with E-state index in [1.807, 2.05) is 4.90 Å². The molecule has 3 aliphatic rings. The van der Waals surface area contributed by atoms with E-state index < -0.39 is 35.3 Å². The van der Waals surface area contributed by atoms with Crippen LogP contribution in [0.5, 0.6) is 0 Å². The zero-order chi connectivity index (χ0) is 27.1. The van der Waals surface area contributed by atoms with Gasteiger partial charge < -0.3 is 10.6 Å². The van der Waals surface area contributed by atoms with Crippen LogP contribution >= 0.6 is 0 Å². The van der Waals surface area contributed by atoms with Crippen LogP contribution in [0.2, 0.25) is 0 Å². The lowest BCUT2D eigenvalue weighted by Crippen LogP contribution is -2.50. The Morgan fingerprint density at radius 2 is 1.47 bits per heavy atom. The van der Waals surface area contributed by atoms with Crippen LogP contribution in [0.1, 0.15) is 64.8 Å². The summed E-state index contributed by atoms with van der Waals surface area (Å²) >= 11 is 0. The quantitative estimate of drug-likeness (QED) is 0.419. The van der Waals surface area contributed by atoms with Gasteiger partial charge in [0.1, 0.15) is 5.82 Å². The van der Waals surface area contributed by atoms with Crippen molar-refractivity contribution in [2.75, 3.05) is 6.54 Å². The Morgan fingerprint density at radius 1 is 0.895 bits per heavy atom. The van der Waals surface area contributed by atoms with Gasteiger partial charge in [-0.3, -0.25) is 24.1 Å². The fourth-order valence-electron chi connectivity index (χ4n) is 6.13. The molecule has 1 unspecified atom stereocenters. The van der Waals surface area contributed by atoms with Crippen LogP contribution in [0.3, 0.4) is 0 Å². The first kappa shape index (κ1) is 26.1. The zero-order valence-electron chi connectivity index (χ0n) is 20.7. The summed E-state index contributed by atoms with van der Waals surface area (Å²) < 4.78 is 40.9. The molecule has 3 amide bonds. The minimum absolute atomic E-state index is 0.0143. The number of Topliss-reactive ketones (excluding diaryl/α,β-unsaturated/α-hetero) is 1. The van der Waals surface area contributed by atoms with Crippen LogP contribution in [0.15, 0.2) is 36.4 Å². The number of halogens is 3. The van der Waals surface area contributed by atoms with Crippen molar-refractivity contribution in [3.63, 3.8) is 0 Å². The Kier molecular flexibility index (Phi) is 7.09. The summed E-state index contributed by atoms with van der Waals surface area (Å²) in [6, 6.07) is 7.17. The molecule has 2 aromatic carbocycles. The third-order valence-electron chi connectivity index (χ3n) is 8.04. The van der Waals surface area contributed by atoms with Crippen LogP contribution in [-0.4, -0.2) is 58.0 Å². The van der Waals surface area contributed by atoms with E-state index in [0.29, 0.717) is 18.9 Å². The molecule has 3 heterocycles. The van der Waals surface area contributed by atoms with E-state index in [4.69, 9.17) is 5.73 Å². The maximum Gasteiger partial charge on any atom is 0.261 e. The molecule has 0 saturated carbocycles. The molecule has 0 radical (unpaired) electrons. The van der Waals surface area contributed by atoms with Gasteiger partial charge in [-0.25, -0.2) is 13.2 Å². The molecule has 0 spiro atoms. The lowest BCUT2D eigenvalue weighted by Gasteiger charge is -2.41. The van der Waals surface area contributed by atoms with Crippen LogP contribution in [-0.2, 0) is 16.0 Å². The number of nitrogens with zero attached hydrogens (tertiary/aromatic N) is 2. The highest BCUT2D eigenvalue weighted by molar-refractivity contribution is 6.22. The molecular weight excluding hydrogens is 499 g/mol. The van der Waals surface area contributed by atoms with Crippen molar-refractivity contribution in [1.29, 1.82) is 0 Å². The molecular formula is C28H28F3N3O4. The second-order valence-electron chi connectivity index (χ2n) is 10.4. The highest BCUT2D eigenvalue weighted by Gasteiger charge is 2.44. The number of hydrogen-bond donors (Lipinski definition) is 1. The number of piperidine rings is 1. The number of ketones is 1.